The standard InChI is InChI=1S/C21H27FN4O2/c1-14(2)10-11-23-20(27)18-17-5-3-4-12-26(17)19(25-18)21(28)24-13-15-6-8-16(22)9-7-15/h6-9,14H,3-5,10-13H2,1-2H3,(H,23,27)(H,24,28). The molecule has 1 aliphatic rings. The molecule has 1 aliphatic heterocycles. The van der Waals surface area contributed by atoms with Gasteiger partial charge < -0.3 is 15.2 Å². The van der Waals surface area contributed by atoms with Crippen LogP contribution in [-0.2, 0) is 19.5 Å². The molecule has 150 valence electrons. The molecule has 0 radical (unpaired) electrons. The Morgan fingerprint density at radius 1 is 1.14 bits per heavy atom. The van der Waals surface area contributed by atoms with E-state index in [0.29, 0.717) is 24.7 Å². The van der Waals surface area contributed by atoms with Crippen molar-refractivity contribution in [3.63, 3.8) is 0 Å². The van der Waals surface area contributed by atoms with E-state index in [2.05, 4.69) is 29.5 Å². The van der Waals surface area contributed by atoms with Crippen molar-refractivity contribution in [1.82, 2.24) is 20.2 Å². The number of fused-ring (bicyclic) bond motifs is 1. The van der Waals surface area contributed by atoms with Crippen molar-refractivity contribution < 1.29 is 14.0 Å². The summed E-state index contributed by atoms with van der Waals surface area (Å²) < 4.78 is 14.9. The molecule has 0 saturated heterocycles. The Bertz CT molecular complexity index is 843. The van der Waals surface area contributed by atoms with Crippen molar-refractivity contribution in [2.45, 2.75) is 52.6 Å². The average molecular weight is 386 g/mol. The normalized spacial score (nSPS) is 13.3. The molecule has 0 fully saturated rings. The largest absolute Gasteiger partial charge is 0.351 e. The Kier molecular flexibility index (Phi) is 6.44. The van der Waals surface area contributed by atoms with Crippen LogP contribution in [0.15, 0.2) is 24.3 Å². The molecular formula is C21H27FN4O2. The van der Waals surface area contributed by atoms with Gasteiger partial charge in [-0.05, 0) is 49.3 Å². The Morgan fingerprint density at radius 3 is 2.61 bits per heavy atom. The molecule has 2 N–H and O–H groups in total. The van der Waals surface area contributed by atoms with Gasteiger partial charge in [-0.1, -0.05) is 26.0 Å². The number of benzene rings is 1. The van der Waals surface area contributed by atoms with Crippen molar-refractivity contribution in [2.24, 2.45) is 5.92 Å². The number of aromatic nitrogens is 2. The van der Waals surface area contributed by atoms with Crippen LogP contribution in [0.5, 0.6) is 0 Å². The summed E-state index contributed by atoms with van der Waals surface area (Å²) in [6.45, 7) is 5.76. The lowest BCUT2D eigenvalue weighted by atomic mass is 10.1. The van der Waals surface area contributed by atoms with Gasteiger partial charge in [0.1, 0.15) is 11.5 Å². The number of nitrogens with one attached hydrogen (secondary N) is 2. The van der Waals surface area contributed by atoms with E-state index in [-0.39, 0.29) is 30.0 Å². The fourth-order valence-electron chi connectivity index (χ4n) is 3.32. The maximum atomic E-state index is 13.0. The van der Waals surface area contributed by atoms with Gasteiger partial charge in [0.15, 0.2) is 5.82 Å². The van der Waals surface area contributed by atoms with Crippen molar-refractivity contribution >= 4 is 11.8 Å². The van der Waals surface area contributed by atoms with E-state index in [4.69, 9.17) is 0 Å². The molecule has 7 heteroatoms. The molecule has 1 aromatic carbocycles. The molecule has 2 aromatic rings. The number of carbonyl (C=O) groups excluding carboxylic acids is 2. The highest BCUT2D eigenvalue weighted by Gasteiger charge is 2.27. The van der Waals surface area contributed by atoms with Crippen molar-refractivity contribution in [2.75, 3.05) is 6.54 Å². The molecule has 0 aliphatic carbocycles. The summed E-state index contributed by atoms with van der Waals surface area (Å²) in [6, 6.07) is 5.98. The fraction of sp³-hybridized carbons (Fsp3) is 0.476. The van der Waals surface area contributed by atoms with Crippen LogP contribution in [0.25, 0.3) is 0 Å². The highest BCUT2D eigenvalue weighted by molar-refractivity contribution is 5.97. The number of nitrogens with zero attached hydrogens (tertiary/aromatic N) is 2. The highest BCUT2D eigenvalue weighted by atomic mass is 19.1. The fourth-order valence-corrected chi connectivity index (χ4v) is 3.32. The SMILES string of the molecule is CC(C)CCNC(=O)c1nc(C(=O)NCc2ccc(F)cc2)n2c1CCCC2. The first kappa shape index (κ1) is 20.0. The molecule has 6 nitrogen and oxygen atoms in total. The summed E-state index contributed by atoms with van der Waals surface area (Å²) in [5, 5.41) is 5.73. The molecule has 0 atom stereocenters. The molecule has 0 unspecified atom stereocenters. The third kappa shape index (κ3) is 4.77. The number of carbonyl (C=O) groups is 2. The minimum absolute atomic E-state index is 0.219. The first-order valence-electron chi connectivity index (χ1n) is 9.86. The van der Waals surface area contributed by atoms with E-state index in [1.807, 2.05) is 4.57 Å². The molecule has 1 aromatic heterocycles. The molecule has 2 amide bonds. The molecular weight excluding hydrogens is 359 g/mol. The van der Waals surface area contributed by atoms with Gasteiger partial charge in [-0.3, -0.25) is 9.59 Å². The van der Waals surface area contributed by atoms with Crippen LogP contribution in [0.2, 0.25) is 0 Å². The van der Waals surface area contributed by atoms with Gasteiger partial charge >= 0.3 is 0 Å². The summed E-state index contributed by atoms with van der Waals surface area (Å²) in [7, 11) is 0. The molecule has 0 saturated carbocycles. The number of rotatable bonds is 7. The summed E-state index contributed by atoms with van der Waals surface area (Å²) in [5.74, 6) is -0.0852. The second kappa shape index (κ2) is 8.99. The lowest BCUT2D eigenvalue weighted by Gasteiger charge is -2.17. The van der Waals surface area contributed by atoms with Crippen molar-refractivity contribution in [3.05, 3.63) is 52.9 Å². The first-order valence-corrected chi connectivity index (χ1v) is 9.86. The van der Waals surface area contributed by atoms with Gasteiger partial charge in [-0.2, -0.15) is 0 Å². The average Bonchev–Trinajstić information content (AvgIpc) is 3.07. The quantitative estimate of drug-likeness (QED) is 0.768. The topological polar surface area (TPSA) is 76.0 Å². The molecule has 3 rings (SSSR count). The lowest BCUT2D eigenvalue weighted by Crippen LogP contribution is -2.27. The van der Waals surface area contributed by atoms with Gasteiger partial charge in [-0.25, -0.2) is 9.37 Å². The minimum atomic E-state index is -0.325. The smallest absolute Gasteiger partial charge is 0.287 e. The maximum absolute atomic E-state index is 13.0. The maximum Gasteiger partial charge on any atom is 0.287 e. The van der Waals surface area contributed by atoms with Gasteiger partial charge in [0, 0.05) is 19.6 Å². The summed E-state index contributed by atoms with van der Waals surface area (Å²) in [4.78, 5) is 29.7. The Hall–Kier alpha value is -2.70. The number of imidazole rings is 1. The predicted molar refractivity (Wildman–Crippen MR) is 105 cm³/mol. The van der Waals surface area contributed by atoms with E-state index >= 15 is 0 Å². The second-order valence-electron chi connectivity index (χ2n) is 7.59. The minimum Gasteiger partial charge on any atom is -0.351 e. The van der Waals surface area contributed by atoms with Crippen LogP contribution in [0.1, 0.15) is 65.5 Å². The zero-order valence-corrected chi connectivity index (χ0v) is 16.4. The summed E-state index contributed by atoms with van der Waals surface area (Å²) >= 11 is 0. The number of amides is 2. The van der Waals surface area contributed by atoms with Gasteiger partial charge in [0.05, 0.1) is 5.69 Å². The molecule has 2 heterocycles. The van der Waals surface area contributed by atoms with Crippen molar-refractivity contribution in [3.8, 4) is 0 Å². The van der Waals surface area contributed by atoms with E-state index in [1.165, 1.54) is 12.1 Å². The summed E-state index contributed by atoms with van der Waals surface area (Å²) in [6.07, 6.45) is 3.57. The first-order chi connectivity index (χ1) is 13.5. The Labute approximate surface area is 164 Å². The zero-order chi connectivity index (χ0) is 20.1. The number of halogens is 1. The van der Waals surface area contributed by atoms with E-state index in [9.17, 15) is 14.0 Å². The molecule has 28 heavy (non-hydrogen) atoms. The van der Waals surface area contributed by atoms with Crippen LogP contribution < -0.4 is 10.6 Å². The Balaban J connectivity index is 1.73. The third-order valence-electron chi connectivity index (χ3n) is 4.91. The van der Waals surface area contributed by atoms with Crippen LogP contribution in [0, 0.1) is 11.7 Å². The van der Waals surface area contributed by atoms with E-state index < -0.39 is 0 Å². The van der Waals surface area contributed by atoms with Gasteiger partial charge in [0.2, 0.25) is 0 Å². The zero-order valence-electron chi connectivity index (χ0n) is 16.4. The van der Waals surface area contributed by atoms with Crippen LogP contribution in [-0.4, -0.2) is 27.9 Å². The van der Waals surface area contributed by atoms with Gasteiger partial charge in [0.25, 0.3) is 11.8 Å². The number of hydrogen-bond acceptors (Lipinski definition) is 3. The Morgan fingerprint density at radius 2 is 1.89 bits per heavy atom. The monoisotopic (exact) mass is 386 g/mol. The molecule has 0 spiro atoms. The van der Waals surface area contributed by atoms with E-state index in [0.717, 1.165) is 36.9 Å². The number of hydrogen-bond donors (Lipinski definition) is 2. The van der Waals surface area contributed by atoms with Crippen LogP contribution >= 0.6 is 0 Å². The lowest BCUT2D eigenvalue weighted by molar-refractivity contribution is 0.0935. The van der Waals surface area contributed by atoms with Crippen molar-refractivity contribution in [1.29, 1.82) is 0 Å². The summed E-state index contributed by atoms with van der Waals surface area (Å²) in [5.41, 5.74) is 1.99. The van der Waals surface area contributed by atoms with E-state index in [1.54, 1.807) is 12.1 Å². The van der Waals surface area contributed by atoms with Crippen LogP contribution in [0.4, 0.5) is 4.39 Å². The predicted octanol–water partition coefficient (Wildman–Crippen LogP) is 3.06. The van der Waals surface area contributed by atoms with Crippen LogP contribution in [0.3, 0.4) is 0 Å². The third-order valence-corrected chi connectivity index (χ3v) is 4.91. The molecule has 0 bridgehead atoms. The van der Waals surface area contributed by atoms with Gasteiger partial charge in [-0.15, -0.1) is 0 Å². The highest BCUT2D eigenvalue weighted by Crippen LogP contribution is 2.21. The second-order valence-corrected chi connectivity index (χ2v) is 7.59.